The second-order valence-corrected chi connectivity index (χ2v) is 5.62. The smallest absolute Gasteiger partial charge is 0.269 e. The molecule has 0 radical (unpaired) electrons. The van der Waals surface area contributed by atoms with Crippen LogP contribution in [0.2, 0.25) is 0 Å². The number of pyridine rings is 1. The first-order chi connectivity index (χ1) is 12.0. The Bertz CT molecular complexity index is 886. The highest BCUT2D eigenvalue weighted by atomic mass is 32.2. The van der Waals surface area contributed by atoms with Gasteiger partial charge in [-0.2, -0.15) is 10.5 Å². The van der Waals surface area contributed by atoms with Crippen molar-refractivity contribution in [3.8, 4) is 12.1 Å². The van der Waals surface area contributed by atoms with Crippen molar-refractivity contribution in [3.05, 3.63) is 53.1 Å². The molecule has 9 heteroatoms. The monoisotopic (exact) mass is 352 g/mol. The number of hydrazine groups is 1. The van der Waals surface area contributed by atoms with Gasteiger partial charge in [-0.05, 0) is 18.2 Å². The van der Waals surface area contributed by atoms with E-state index in [1.165, 1.54) is 6.07 Å². The van der Waals surface area contributed by atoms with Crippen LogP contribution in [-0.2, 0) is 4.79 Å². The molecule has 0 spiro atoms. The first-order valence-corrected chi connectivity index (χ1v) is 7.91. The van der Waals surface area contributed by atoms with Crippen molar-refractivity contribution in [1.29, 1.82) is 10.5 Å². The Labute approximate surface area is 147 Å². The third kappa shape index (κ3) is 4.70. The zero-order valence-corrected chi connectivity index (χ0v) is 13.6. The number of nitrogen functional groups attached to an aromatic ring is 1. The third-order valence-electron chi connectivity index (χ3n) is 2.95. The number of nitrogens with two attached hydrogens (primary N) is 1. The van der Waals surface area contributed by atoms with E-state index in [1.807, 2.05) is 12.1 Å². The van der Waals surface area contributed by atoms with Crippen molar-refractivity contribution < 1.29 is 9.59 Å². The summed E-state index contributed by atoms with van der Waals surface area (Å²) >= 11 is 0.974. The Hall–Kier alpha value is -3.56. The Morgan fingerprint density at radius 2 is 1.80 bits per heavy atom. The number of nitrogens with one attached hydrogen (secondary N) is 2. The van der Waals surface area contributed by atoms with Crippen LogP contribution in [0.15, 0.2) is 41.4 Å². The van der Waals surface area contributed by atoms with Gasteiger partial charge in [0.15, 0.2) is 0 Å². The predicted octanol–water partition coefficient (Wildman–Crippen LogP) is 0.960. The zero-order chi connectivity index (χ0) is 18.2. The largest absolute Gasteiger partial charge is 0.383 e. The van der Waals surface area contributed by atoms with Gasteiger partial charge >= 0.3 is 0 Å². The zero-order valence-electron chi connectivity index (χ0n) is 12.8. The van der Waals surface area contributed by atoms with E-state index in [0.717, 1.165) is 11.8 Å². The molecule has 1 heterocycles. The highest BCUT2D eigenvalue weighted by Crippen LogP contribution is 2.23. The van der Waals surface area contributed by atoms with E-state index >= 15 is 0 Å². The van der Waals surface area contributed by atoms with Gasteiger partial charge in [0.2, 0.25) is 5.91 Å². The summed E-state index contributed by atoms with van der Waals surface area (Å²) in [7, 11) is 0. The summed E-state index contributed by atoms with van der Waals surface area (Å²) in [5.41, 5.74) is 10.8. The lowest BCUT2D eigenvalue weighted by molar-refractivity contribution is -0.119. The van der Waals surface area contributed by atoms with Gasteiger partial charge in [-0.25, -0.2) is 4.98 Å². The Morgan fingerprint density at radius 1 is 1.12 bits per heavy atom. The van der Waals surface area contributed by atoms with Gasteiger partial charge in [0, 0.05) is 5.56 Å². The highest BCUT2D eigenvalue weighted by molar-refractivity contribution is 8.00. The van der Waals surface area contributed by atoms with Crippen molar-refractivity contribution in [2.75, 3.05) is 11.5 Å². The molecule has 8 nitrogen and oxygen atoms in total. The molecule has 2 aromatic rings. The second kappa shape index (κ2) is 8.34. The molecule has 0 fully saturated rings. The average Bonchev–Trinajstić information content (AvgIpc) is 2.65. The molecular weight excluding hydrogens is 340 g/mol. The lowest BCUT2D eigenvalue weighted by atomic mass is 10.2. The fourth-order valence-corrected chi connectivity index (χ4v) is 2.51. The van der Waals surface area contributed by atoms with Gasteiger partial charge < -0.3 is 5.73 Å². The Kier molecular flexibility index (Phi) is 5.93. The van der Waals surface area contributed by atoms with Gasteiger partial charge in [0.25, 0.3) is 5.91 Å². The van der Waals surface area contributed by atoms with E-state index in [-0.39, 0.29) is 27.7 Å². The maximum Gasteiger partial charge on any atom is 0.269 e. The standard InChI is InChI=1S/C16H12N6O2S/c17-7-11-6-12(8-18)16(20-14(11)19)25-9-13(23)21-22-15(24)10-4-2-1-3-5-10/h1-6H,9H2,(H2,19,20)(H,21,23)(H,22,24). The second-order valence-electron chi connectivity index (χ2n) is 4.65. The van der Waals surface area contributed by atoms with Crippen LogP contribution in [0.3, 0.4) is 0 Å². The number of hydrogen-bond donors (Lipinski definition) is 3. The summed E-state index contributed by atoms with van der Waals surface area (Å²) in [6.45, 7) is 0. The normalized spacial score (nSPS) is 9.52. The summed E-state index contributed by atoms with van der Waals surface area (Å²) in [4.78, 5) is 27.6. The molecule has 0 atom stereocenters. The van der Waals surface area contributed by atoms with Crippen molar-refractivity contribution >= 4 is 29.4 Å². The minimum atomic E-state index is -0.483. The molecule has 0 saturated carbocycles. The number of hydrogen-bond acceptors (Lipinski definition) is 7. The fourth-order valence-electron chi connectivity index (χ4n) is 1.75. The molecular formula is C16H12N6O2S. The number of thioether (sulfide) groups is 1. The summed E-state index contributed by atoms with van der Waals surface area (Å²) in [6.07, 6.45) is 0. The summed E-state index contributed by atoms with van der Waals surface area (Å²) in [5.74, 6) is -1.04. The van der Waals surface area contributed by atoms with Crippen LogP contribution in [0, 0.1) is 22.7 Å². The number of benzene rings is 1. The van der Waals surface area contributed by atoms with Crippen molar-refractivity contribution in [2.24, 2.45) is 0 Å². The number of anilines is 1. The van der Waals surface area contributed by atoms with E-state index in [1.54, 1.807) is 30.3 Å². The maximum absolute atomic E-state index is 11.8. The van der Waals surface area contributed by atoms with Crippen LogP contribution < -0.4 is 16.6 Å². The maximum atomic E-state index is 11.8. The van der Waals surface area contributed by atoms with Gasteiger partial charge in [-0.1, -0.05) is 30.0 Å². The van der Waals surface area contributed by atoms with Crippen molar-refractivity contribution in [3.63, 3.8) is 0 Å². The lowest BCUT2D eigenvalue weighted by Gasteiger charge is -2.08. The van der Waals surface area contributed by atoms with Crippen LogP contribution in [0.1, 0.15) is 21.5 Å². The van der Waals surface area contributed by atoms with Crippen molar-refractivity contribution in [2.45, 2.75) is 5.03 Å². The highest BCUT2D eigenvalue weighted by Gasteiger charge is 2.13. The first-order valence-electron chi connectivity index (χ1n) is 6.93. The molecule has 1 aromatic carbocycles. The van der Waals surface area contributed by atoms with E-state index < -0.39 is 11.8 Å². The molecule has 4 N–H and O–H groups in total. The number of aromatic nitrogens is 1. The third-order valence-corrected chi connectivity index (χ3v) is 3.94. The SMILES string of the molecule is N#Cc1cc(C#N)c(SCC(=O)NNC(=O)c2ccccc2)nc1N. The Balaban J connectivity index is 1.92. The summed E-state index contributed by atoms with van der Waals surface area (Å²) in [6, 6.07) is 13.5. The number of nitriles is 2. The van der Waals surface area contributed by atoms with E-state index in [0.29, 0.717) is 5.56 Å². The van der Waals surface area contributed by atoms with Crippen molar-refractivity contribution in [1.82, 2.24) is 15.8 Å². The minimum Gasteiger partial charge on any atom is -0.383 e. The molecule has 0 saturated heterocycles. The molecule has 2 amide bonds. The van der Waals surface area contributed by atoms with Crippen LogP contribution in [0.4, 0.5) is 5.82 Å². The van der Waals surface area contributed by atoms with E-state index in [4.69, 9.17) is 16.3 Å². The lowest BCUT2D eigenvalue weighted by Crippen LogP contribution is -2.42. The Morgan fingerprint density at radius 3 is 2.44 bits per heavy atom. The number of amides is 2. The first kappa shape index (κ1) is 17.8. The molecule has 0 unspecified atom stereocenters. The molecule has 1 aromatic heterocycles. The molecule has 0 aliphatic carbocycles. The van der Waals surface area contributed by atoms with Crippen LogP contribution in [0.5, 0.6) is 0 Å². The van der Waals surface area contributed by atoms with Crippen LogP contribution in [-0.4, -0.2) is 22.6 Å². The van der Waals surface area contributed by atoms with Gasteiger partial charge in [0.1, 0.15) is 23.0 Å². The average molecular weight is 352 g/mol. The number of carbonyl (C=O) groups is 2. The molecule has 2 rings (SSSR count). The summed E-state index contributed by atoms with van der Waals surface area (Å²) < 4.78 is 0. The quantitative estimate of drug-likeness (QED) is 0.549. The minimum absolute atomic E-state index is 0.0122. The van der Waals surface area contributed by atoms with Crippen LogP contribution >= 0.6 is 11.8 Å². The molecule has 25 heavy (non-hydrogen) atoms. The van der Waals surface area contributed by atoms with Gasteiger partial charge in [-0.15, -0.1) is 0 Å². The fraction of sp³-hybridized carbons (Fsp3) is 0.0625. The van der Waals surface area contributed by atoms with E-state index in [2.05, 4.69) is 15.8 Å². The van der Waals surface area contributed by atoms with E-state index in [9.17, 15) is 9.59 Å². The number of rotatable bonds is 4. The predicted molar refractivity (Wildman–Crippen MR) is 90.9 cm³/mol. The molecule has 124 valence electrons. The topological polar surface area (TPSA) is 145 Å². The van der Waals surface area contributed by atoms with Gasteiger partial charge in [0.05, 0.1) is 16.9 Å². The number of carbonyl (C=O) groups excluding carboxylic acids is 2. The molecule has 0 aliphatic rings. The van der Waals surface area contributed by atoms with Gasteiger partial charge in [-0.3, -0.25) is 20.4 Å². The summed E-state index contributed by atoms with van der Waals surface area (Å²) in [5, 5.41) is 18.2. The number of nitrogens with zero attached hydrogens (tertiary/aromatic N) is 3. The van der Waals surface area contributed by atoms with Crippen LogP contribution in [0.25, 0.3) is 0 Å². The molecule has 0 bridgehead atoms. The molecule has 0 aliphatic heterocycles.